The van der Waals surface area contributed by atoms with E-state index in [2.05, 4.69) is 43.7 Å². The molecule has 0 N–H and O–H groups in total. The van der Waals surface area contributed by atoms with Crippen molar-refractivity contribution < 1.29 is 9.26 Å². The van der Waals surface area contributed by atoms with E-state index in [1.807, 2.05) is 31.2 Å². The number of hydrogen-bond donors (Lipinski definition) is 0. The number of ether oxygens (including phenoxy) is 1. The molecule has 30 heavy (non-hydrogen) atoms. The Bertz CT molecular complexity index is 980. The van der Waals surface area contributed by atoms with Crippen LogP contribution in [-0.2, 0) is 0 Å². The van der Waals surface area contributed by atoms with Gasteiger partial charge in [0.1, 0.15) is 5.75 Å². The van der Waals surface area contributed by atoms with E-state index in [9.17, 15) is 0 Å². The molecule has 1 fully saturated rings. The summed E-state index contributed by atoms with van der Waals surface area (Å²) in [7, 11) is 1.69. The Labute approximate surface area is 181 Å². The Morgan fingerprint density at radius 2 is 1.83 bits per heavy atom. The fourth-order valence-corrected chi connectivity index (χ4v) is 4.40. The molecule has 0 spiro atoms. The first-order valence-corrected chi connectivity index (χ1v) is 11.3. The molecule has 0 saturated carbocycles. The van der Waals surface area contributed by atoms with Gasteiger partial charge >= 0.3 is 0 Å². The van der Waals surface area contributed by atoms with E-state index >= 15 is 0 Å². The lowest BCUT2D eigenvalue weighted by Gasteiger charge is -2.28. The zero-order chi connectivity index (χ0) is 21.1. The normalized spacial score (nSPS) is 15.6. The van der Waals surface area contributed by atoms with Crippen molar-refractivity contribution in [2.24, 2.45) is 0 Å². The third kappa shape index (κ3) is 4.16. The van der Waals surface area contributed by atoms with Gasteiger partial charge in [-0.3, -0.25) is 4.57 Å². The number of nitrogens with zero attached hydrogens (tertiary/aromatic N) is 6. The molecule has 0 bridgehead atoms. The van der Waals surface area contributed by atoms with Crippen LogP contribution in [0.4, 0.5) is 5.95 Å². The highest BCUT2D eigenvalue weighted by molar-refractivity contribution is 7.99. The molecule has 0 radical (unpaired) electrons. The van der Waals surface area contributed by atoms with Gasteiger partial charge in [-0.05, 0) is 38.3 Å². The van der Waals surface area contributed by atoms with Crippen molar-refractivity contribution in [3.05, 3.63) is 36.0 Å². The molecular formula is C21H28N6O2S. The molecule has 4 rings (SSSR count). The minimum Gasteiger partial charge on any atom is -0.495 e. The summed E-state index contributed by atoms with van der Waals surface area (Å²) >= 11 is 1.56. The van der Waals surface area contributed by atoms with Gasteiger partial charge in [0.05, 0.1) is 18.0 Å². The Balaban J connectivity index is 1.71. The van der Waals surface area contributed by atoms with Gasteiger partial charge in [0, 0.05) is 19.0 Å². The summed E-state index contributed by atoms with van der Waals surface area (Å²) in [6.07, 6.45) is 3.59. The largest absolute Gasteiger partial charge is 0.495 e. The second-order valence-electron chi connectivity index (χ2n) is 7.74. The number of para-hydroxylation sites is 2. The van der Waals surface area contributed by atoms with E-state index in [1.165, 1.54) is 6.42 Å². The van der Waals surface area contributed by atoms with Crippen molar-refractivity contribution in [3.8, 4) is 11.4 Å². The Kier molecular flexibility index (Phi) is 6.26. The van der Waals surface area contributed by atoms with E-state index in [0.29, 0.717) is 5.89 Å². The molecule has 0 aliphatic carbocycles. The molecule has 1 aliphatic heterocycles. The average Bonchev–Trinajstić information content (AvgIpc) is 3.42. The maximum absolute atomic E-state index is 5.64. The number of thioether (sulfide) groups is 1. The lowest BCUT2D eigenvalue weighted by Crippen LogP contribution is -2.31. The second-order valence-corrected chi connectivity index (χ2v) is 9.05. The number of piperidine rings is 1. The third-order valence-electron chi connectivity index (χ3n) is 5.19. The Morgan fingerprint density at radius 3 is 2.53 bits per heavy atom. The van der Waals surface area contributed by atoms with Crippen LogP contribution in [0, 0.1) is 0 Å². The third-order valence-corrected chi connectivity index (χ3v) is 6.22. The van der Waals surface area contributed by atoms with Crippen LogP contribution in [0.2, 0.25) is 0 Å². The summed E-state index contributed by atoms with van der Waals surface area (Å²) in [6.45, 7) is 8.11. The molecule has 0 unspecified atom stereocenters. The molecule has 0 amide bonds. The van der Waals surface area contributed by atoms with Crippen molar-refractivity contribution in [1.29, 1.82) is 0 Å². The minimum absolute atomic E-state index is 0.0585. The summed E-state index contributed by atoms with van der Waals surface area (Å²) in [5.74, 6) is 3.17. The molecule has 160 valence electrons. The van der Waals surface area contributed by atoms with E-state index in [4.69, 9.17) is 9.26 Å². The second kappa shape index (κ2) is 9.07. The topological polar surface area (TPSA) is 82.1 Å². The van der Waals surface area contributed by atoms with Crippen molar-refractivity contribution in [2.45, 2.75) is 56.4 Å². The highest BCUT2D eigenvalue weighted by Crippen LogP contribution is 2.38. The summed E-state index contributed by atoms with van der Waals surface area (Å²) in [6, 6.07) is 7.96. The van der Waals surface area contributed by atoms with E-state index in [0.717, 1.165) is 54.3 Å². The van der Waals surface area contributed by atoms with Crippen molar-refractivity contribution in [3.63, 3.8) is 0 Å². The maximum Gasteiger partial charge on any atom is 0.239 e. The molecule has 1 aliphatic rings. The van der Waals surface area contributed by atoms with Crippen LogP contribution in [0.15, 0.2) is 33.9 Å². The average molecular weight is 429 g/mol. The fourth-order valence-electron chi connectivity index (χ4n) is 3.52. The summed E-state index contributed by atoms with van der Waals surface area (Å²) < 4.78 is 13.2. The smallest absolute Gasteiger partial charge is 0.239 e. The first-order chi connectivity index (χ1) is 14.6. The van der Waals surface area contributed by atoms with Crippen LogP contribution in [0.1, 0.15) is 62.9 Å². The number of rotatable bonds is 7. The number of benzene rings is 1. The van der Waals surface area contributed by atoms with E-state index in [-0.39, 0.29) is 11.2 Å². The number of methoxy groups -OCH3 is 1. The molecule has 9 heteroatoms. The van der Waals surface area contributed by atoms with Gasteiger partial charge in [-0.1, -0.05) is 42.9 Å². The van der Waals surface area contributed by atoms with Crippen LogP contribution in [0.25, 0.3) is 5.69 Å². The Morgan fingerprint density at radius 1 is 1.07 bits per heavy atom. The number of anilines is 1. The molecule has 3 aromatic rings. The van der Waals surface area contributed by atoms with Gasteiger partial charge in [-0.2, -0.15) is 4.98 Å². The van der Waals surface area contributed by atoms with Gasteiger partial charge in [-0.15, -0.1) is 10.2 Å². The molecular weight excluding hydrogens is 400 g/mol. The lowest BCUT2D eigenvalue weighted by molar-refractivity contribution is 0.373. The van der Waals surface area contributed by atoms with Crippen molar-refractivity contribution >= 4 is 17.7 Å². The van der Waals surface area contributed by atoms with Gasteiger partial charge < -0.3 is 14.2 Å². The standard InChI is InChI=1S/C21H28N6O2S/c1-14(2)18-22-19(29-25-18)15(3)30-21-24-23-20(26-12-8-5-9-13-26)27(21)16-10-6-7-11-17(16)28-4/h6-7,10-11,14-15H,5,8-9,12-13H2,1-4H3/t15-/m1/s1. The number of hydrogen-bond acceptors (Lipinski definition) is 8. The van der Waals surface area contributed by atoms with E-state index in [1.54, 1.807) is 18.9 Å². The van der Waals surface area contributed by atoms with Gasteiger partial charge in [0.2, 0.25) is 11.8 Å². The zero-order valence-electron chi connectivity index (χ0n) is 17.9. The SMILES string of the molecule is COc1ccccc1-n1c(S[C@H](C)c2nc(C(C)C)no2)nnc1N1CCCCC1. The summed E-state index contributed by atoms with van der Waals surface area (Å²) in [5.41, 5.74) is 0.925. The number of aromatic nitrogens is 5. The highest BCUT2D eigenvalue weighted by Gasteiger charge is 2.26. The van der Waals surface area contributed by atoms with Crippen LogP contribution in [-0.4, -0.2) is 45.1 Å². The summed E-state index contributed by atoms with van der Waals surface area (Å²) in [5, 5.41) is 13.9. The van der Waals surface area contributed by atoms with Gasteiger partial charge in [0.25, 0.3) is 0 Å². The fraction of sp³-hybridized carbons (Fsp3) is 0.524. The van der Waals surface area contributed by atoms with Crippen molar-refractivity contribution in [1.82, 2.24) is 24.9 Å². The molecule has 8 nitrogen and oxygen atoms in total. The van der Waals surface area contributed by atoms with Gasteiger partial charge in [-0.25, -0.2) is 0 Å². The predicted octanol–water partition coefficient (Wildman–Crippen LogP) is 4.63. The molecule has 1 atom stereocenters. The predicted molar refractivity (Wildman–Crippen MR) is 117 cm³/mol. The quantitative estimate of drug-likeness (QED) is 0.504. The monoisotopic (exact) mass is 428 g/mol. The van der Waals surface area contributed by atoms with Gasteiger partial charge in [0.15, 0.2) is 11.0 Å². The molecule has 1 saturated heterocycles. The van der Waals surface area contributed by atoms with Crippen LogP contribution in [0.5, 0.6) is 5.75 Å². The lowest BCUT2D eigenvalue weighted by atomic mass is 10.1. The van der Waals surface area contributed by atoms with E-state index < -0.39 is 0 Å². The van der Waals surface area contributed by atoms with Crippen LogP contribution < -0.4 is 9.64 Å². The van der Waals surface area contributed by atoms with Crippen molar-refractivity contribution in [2.75, 3.05) is 25.1 Å². The van der Waals surface area contributed by atoms with Crippen LogP contribution in [0.3, 0.4) is 0 Å². The molecule has 3 heterocycles. The summed E-state index contributed by atoms with van der Waals surface area (Å²) in [4.78, 5) is 6.85. The zero-order valence-corrected chi connectivity index (χ0v) is 18.7. The first-order valence-electron chi connectivity index (χ1n) is 10.4. The molecule has 1 aromatic carbocycles. The highest BCUT2D eigenvalue weighted by atomic mass is 32.2. The Hall–Kier alpha value is -2.55. The minimum atomic E-state index is -0.0585. The van der Waals surface area contributed by atoms with Crippen LogP contribution >= 0.6 is 11.8 Å². The molecule has 2 aromatic heterocycles. The first kappa shape index (κ1) is 20.7. The maximum atomic E-state index is 5.64.